The largest absolute Gasteiger partial charge is 0.416 e. The van der Waals surface area contributed by atoms with Gasteiger partial charge in [-0.3, -0.25) is 9.69 Å². The third kappa shape index (κ3) is 8.20. The van der Waals surface area contributed by atoms with Crippen LogP contribution in [-0.4, -0.2) is 71.8 Å². The third-order valence-corrected chi connectivity index (χ3v) is 9.47. The molecular formula is C35H41ClF4N4O2. The Morgan fingerprint density at radius 3 is 2.35 bits per heavy atom. The minimum Gasteiger partial charge on any atom is -0.390 e. The molecule has 3 aromatic carbocycles. The number of aryl methyl sites for hydroxylation is 1. The van der Waals surface area contributed by atoms with E-state index in [4.69, 9.17) is 11.6 Å². The molecule has 2 aliphatic rings. The smallest absolute Gasteiger partial charge is 0.390 e. The molecule has 1 atom stereocenters. The lowest BCUT2D eigenvalue weighted by Crippen LogP contribution is -2.56. The molecule has 248 valence electrons. The molecule has 0 bridgehead atoms. The number of nitrogens with one attached hydrogen (secondary N) is 1. The van der Waals surface area contributed by atoms with Crippen LogP contribution in [0.4, 0.5) is 23.2 Å². The lowest BCUT2D eigenvalue weighted by molar-refractivity contribution is -0.138. The number of carbonyl (C=O) groups is 1. The summed E-state index contributed by atoms with van der Waals surface area (Å²) >= 11 is 6.22. The van der Waals surface area contributed by atoms with Gasteiger partial charge in [0.15, 0.2) is 0 Å². The quantitative estimate of drug-likeness (QED) is 0.162. The number of unbranched alkanes of at least 4 members (excludes halogenated alkanes) is 2. The molecule has 3 aromatic rings. The molecule has 1 spiro atoms. The number of benzene rings is 3. The number of hydrogen-bond acceptors (Lipinski definition) is 5. The molecule has 0 saturated carbocycles. The molecule has 0 radical (unpaired) electrons. The Balaban J connectivity index is 1.18. The molecule has 11 heteroatoms. The number of carbonyl (C=O) groups excluding carboxylic acids is 1. The monoisotopic (exact) mass is 660 g/mol. The molecule has 2 aliphatic heterocycles. The van der Waals surface area contributed by atoms with E-state index in [1.807, 2.05) is 28.0 Å². The standard InChI is InChI=1S/C35H41ClF4N4O2/c36-32-12-7-11-31(35(38,39)40)30(32)24-42-20-17-34(18-21-42)33(46)43(25-44(34)28-15-13-27(37)14-16-28)23-29(45)22-41-19-6-2-5-10-26-8-3-1-4-9-26/h1,3-4,7-9,11-16,29,41,45H,2,5-6,10,17-25H2/t29-/m0/s1. The van der Waals surface area contributed by atoms with Crippen LogP contribution >= 0.6 is 11.6 Å². The Labute approximate surface area is 272 Å². The predicted molar refractivity (Wildman–Crippen MR) is 172 cm³/mol. The fourth-order valence-electron chi connectivity index (χ4n) is 6.63. The van der Waals surface area contributed by atoms with Gasteiger partial charge in [0.2, 0.25) is 5.91 Å². The van der Waals surface area contributed by atoms with E-state index < -0.39 is 29.2 Å². The van der Waals surface area contributed by atoms with Crippen molar-refractivity contribution in [1.29, 1.82) is 0 Å². The molecule has 0 aromatic heterocycles. The highest BCUT2D eigenvalue weighted by atomic mass is 35.5. The minimum absolute atomic E-state index is 0.00961. The molecular weight excluding hydrogens is 620 g/mol. The number of rotatable bonds is 13. The van der Waals surface area contributed by atoms with Gasteiger partial charge in [-0.15, -0.1) is 0 Å². The van der Waals surface area contributed by atoms with Gasteiger partial charge in [0, 0.05) is 43.4 Å². The van der Waals surface area contributed by atoms with Crippen LogP contribution in [0.2, 0.25) is 5.02 Å². The number of aliphatic hydroxyl groups is 1. The number of hydrogen-bond donors (Lipinski definition) is 2. The first-order chi connectivity index (χ1) is 22.1. The summed E-state index contributed by atoms with van der Waals surface area (Å²) in [5.74, 6) is -0.526. The van der Waals surface area contributed by atoms with E-state index in [9.17, 15) is 27.5 Å². The summed E-state index contributed by atoms with van der Waals surface area (Å²) in [4.78, 5) is 19.5. The molecule has 46 heavy (non-hydrogen) atoms. The Morgan fingerprint density at radius 2 is 1.65 bits per heavy atom. The first-order valence-corrected chi connectivity index (χ1v) is 16.3. The van der Waals surface area contributed by atoms with E-state index in [0.29, 0.717) is 38.2 Å². The van der Waals surface area contributed by atoms with Crippen LogP contribution < -0.4 is 10.2 Å². The van der Waals surface area contributed by atoms with Gasteiger partial charge in [-0.05, 0) is 86.2 Å². The highest BCUT2D eigenvalue weighted by Crippen LogP contribution is 2.41. The zero-order chi connectivity index (χ0) is 32.7. The average molecular weight is 661 g/mol. The van der Waals surface area contributed by atoms with Crippen molar-refractivity contribution in [2.45, 2.75) is 62.9 Å². The SMILES string of the molecule is O=C1N(C[C@@H](O)CNCCCCCc2ccccc2)CN(c2ccc(F)cc2)C12CCN(Cc1c(Cl)cccc1C(F)(F)F)CC2. The topological polar surface area (TPSA) is 59.1 Å². The normalized spacial score (nSPS) is 17.7. The number of nitrogens with zero attached hydrogens (tertiary/aromatic N) is 3. The Hall–Kier alpha value is -3.18. The van der Waals surface area contributed by atoms with Crippen molar-refractivity contribution >= 4 is 23.2 Å². The highest BCUT2D eigenvalue weighted by Gasteiger charge is 2.54. The average Bonchev–Trinajstić information content (AvgIpc) is 3.29. The summed E-state index contributed by atoms with van der Waals surface area (Å²) in [5, 5.41) is 14.2. The highest BCUT2D eigenvalue weighted by molar-refractivity contribution is 6.31. The fraction of sp³-hybridized carbons (Fsp3) is 0.457. The second kappa shape index (κ2) is 15.2. The lowest BCUT2D eigenvalue weighted by atomic mass is 9.85. The Morgan fingerprint density at radius 1 is 0.935 bits per heavy atom. The molecule has 1 amide bonds. The molecule has 2 fully saturated rings. The molecule has 6 nitrogen and oxygen atoms in total. The number of piperidine rings is 1. The summed E-state index contributed by atoms with van der Waals surface area (Å²) in [6, 6.07) is 20.1. The Bertz CT molecular complexity index is 1430. The van der Waals surface area contributed by atoms with Crippen LogP contribution in [0.5, 0.6) is 0 Å². The maximum Gasteiger partial charge on any atom is 0.416 e. The van der Waals surface area contributed by atoms with Crippen LogP contribution in [0.25, 0.3) is 0 Å². The summed E-state index contributed by atoms with van der Waals surface area (Å²) in [5.41, 5.74) is 0.322. The van der Waals surface area contributed by atoms with E-state index in [1.54, 1.807) is 17.0 Å². The van der Waals surface area contributed by atoms with Gasteiger partial charge in [-0.2, -0.15) is 13.2 Å². The molecule has 0 unspecified atom stereocenters. The zero-order valence-corrected chi connectivity index (χ0v) is 26.5. The summed E-state index contributed by atoms with van der Waals surface area (Å²) < 4.78 is 54.9. The second-order valence-electron chi connectivity index (χ2n) is 12.3. The zero-order valence-electron chi connectivity index (χ0n) is 25.8. The maximum absolute atomic E-state index is 14.0. The van der Waals surface area contributed by atoms with Crippen LogP contribution in [0.15, 0.2) is 72.8 Å². The van der Waals surface area contributed by atoms with E-state index in [2.05, 4.69) is 17.4 Å². The first kappa shape index (κ1) is 34.2. The van der Waals surface area contributed by atoms with Crippen LogP contribution in [0.3, 0.4) is 0 Å². The van der Waals surface area contributed by atoms with Crippen molar-refractivity contribution in [2.75, 3.05) is 44.3 Å². The van der Waals surface area contributed by atoms with Crippen molar-refractivity contribution in [3.63, 3.8) is 0 Å². The predicted octanol–water partition coefficient (Wildman–Crippen LogP) is 6.50. The molecule has 2 saturated heterocycles. The minimum atomic E-state index is -4.53. The molecule has 2 N–H and O–H groups in total. The Kier molecular flexibility index (Phi) is 11.3. The number of likely N-dealkylation sites (tertiary alicyclic amines) is 1. The van der Waals surface area contributed by atoms with Crippen molar-refractivity contribution in [3.05, 3.63) is 100 Å². The second-order valence-corrected chi connectivity index (χ2v) is 12.7. The molecule has 0 aliphatic carbocycles. The summed E-state index contributed by atoms with van der Waals surface area (Å²) in [7, 11) is 0. The summed E-state index contributed by atoms with van der Waals surface area (Å²) in [6.07, 6.45) is -0.389. The third-order valence-electron chi connectivity index (χ3n) is 9.11. The maximum atomic E-state index is 14.0. The van der Waals surface area contributed by atoms with Gasteiger partial charge in [0.05, 0.1) is 18.3 Å². The number of amides is 1. The van der Waals surface area contributed by atoms with Crippen molar-refractivity contribution in [3.8, 4) is 0 Å². The van der Waals surface area contributed by atoms with Crippen LogP contribution in [-0.2, 0) is 23.9 Å². The van der Waals surface area contributed by atoms with Crippen LogP contribution in [0.1, 0.15) is 48.8 Å². The van der Waals surface area contributed by atoms with Gasteiger partial charge >= 0.3 is 6.18 Å². The van der Waals surface area contributed by atoms with Crippen molar-refractivity contribution in [1.82, 2.24) is 15.1 Å². The van der Waals surface area contributed by atoms with Crippen molar-refractivity contribution < 1.29 is 27.5 Å². The molecule has 5 rings (SSSR count). The van der Waals surface area contributed by atoms with Gasteiger partial charge in [0.25, 0.3) is 0 Å². The van der Waals surface area contributed by atoms with Gasteiger partial charge in [0.1, 0.15) is 11.4 Å². The number of aliphatic hydroxyl groups excluding tert-OH is 1. The van der Waals surface area contributed by atoms with Crippen LogP contribution in [0, 0.1) is 5.82 Å². The first-order valence-electron chi connectivity index (χ1n) is 15.9. The van der Waals surface area contributed by atoms with Crippen molar-refractivity contribution in [2.24, 2.45) is 0 Å². The lowest BCUT2D eigenvalue weighted by Gasteiger charge is -2.43. The summed E-state index contributed by atoms with van der Waals surface area (Å²) in [6.45, 7) is 2.22. The van der Waals surface area contributed by atoms with Gasteiger partial charge in [-0.25, -0.2) is 4.39 Å². The van der Waals surface area contributed by atoms with E-state index in [1.165, 1.54) is 29.8 Å². The number of halogens is 5. The number of anilines is 1. The van der Waals surface area contributed by atoms with Gasteiger partial charge in [-0.1, -0.05) is 54.4 Å². The number of alkyl halides is 3. The molecule has 2 heterocycles. The van der Waals surface area contributed by atoms with E-state index >= 15 is 0 Å². The van der Waals surface area contributed by atoms with E-state index in [0.717, 1.165) is 38.3 Å². The van der Waals surface area contributed by atoms with E-state index in [-0.39, 0.29) is 36.3 Å². The number of β-amino-alcohol motifs (C(OH)–C–C–N with tert-alkyl or cyclic N) is 1. The fourth-order valence-corrected chi connectivity index (χ4v) is 6.87. The van der Waals surface area contributed by atoms with Gasteiger partial charge < -0.3 is 20.2 Å².